The van der Waals surface area contributed by atoms with Crippen LogP contribution in [0.2, 0.25) is 5.02 Å². The molecule has 4 heteroatoms. The molecule has 2 nitrogen and oxygen atoms in total. The fourth-order valence-corrected chi connectivity index (χ4v) is 4.83. The molecular weight excluding hydrogens is 362 g/mol. The number of amides is 1. The van der Waals surface area contributed by atoms with E-state index in [1.54, 1.807) is 0 Å². The number of fused-ring (bicyclic) bond motifs is 2. The average Bonchev–Trinajstić information content (AvgIpc) is 2.67. The lowest BCUT2D eigenvalue weighted by Gasteiger charge is -2.26. The Bertz CT molecular complexity index is 951. The molecule has 4 rings (SSSR count). The zero-order chi connectivity index (χ0) is 17.9. The zero-order valence-corrected chi connectivity index (χ0v) is 15.9. The average molecular weight is 382 g/mol. The van der Waals surface area contributed by atoms with Crippen molar-refractivity contribution in [1.29, 1.82) is 0 Å². The summed E-state index contributed by atoms with van der Waals surface area (Å²) in [5.74, 6) is 1.11. The summed E-state index contributed by atoms with van der Waals surface area (Å²) in [6, 6.07) is 20.6. The van der Waals surface area contributed by atoms with E-state index < -0.39 is 0 Å². The second kappa shape index (κ2) is 7.73. The fraction of sp³-hybridized carbons (Fsp3) is 0.227. The molecule has 0 spiro atoms. The number of benzene rings is 3. The van der Waals surface area contributed by atoms with Gasteiger partial charge in [0.05, 0.1) is 6.04 Å². The standard InChI is InChI=1S/C22H20ClNOS/c23-17-9-10-21-19(14-17)20(12-13-26-21)24-22(25)11-8-16-6-3-5-15-4-1-2-7-18(15)16/h1-7,9-10,14,20H,8,11-13H2,(H,24,25). The molecule has 0 aromatic heterocycles. The predicted molar refractivity (Wildman–Crippen MR) is 110 cm³/mol. The normalized spacial score (nSPS) is 16.3. The van der Waals surface area contributed by atoms with E-state index in [1.807, 2.05) is 36.0 Å². The molecule has 0 aliphatic carbocycles. The summed E-state index contributed by atoms with van der Waals surface area (Å²) in [6.45, 7) is 0. The molecule has 1 aliphatic heterocycles. The van der Waals surface area contributed by atoms with E-state index in [2.05, 4.69) is 41.7 Å². The van der Waals surface area contributed by atoms with Gasteiger partial charge >= 0.3 is 0 Å². The van der Waals surface area contributed by atoms with Crippen LogP contribution in [-0.4, -0.2) is 11.7 Å². The van der Waals surface area contributed by atoms with Crippen LogP contribution >= 0.6 is 23.4 Å². The van der Waals surface area contributed by atoms with Crippen molar-refractivity contribution in [3.05, 3.63) is 76.8 Å². The van der Waals surface area contributed by atoms with Crippen LogP contribution in [0.4, 0.5) is 0 Å². The molecule has 3 aromatic carbocycles. The van der Waals surface area contributed by atoms with Crippen molar-refractivity contribution in [2.24, 2.45) is 0 Å². The Balaban J connectivity index is 1.44. The molecule has 1 unspecified atom stereocenters. The number of carbonyl (C=O) groups excluding carboxylic acids is 1. The number of hydrogen-bond donors (Lipinski definition) is 1. The van der Waals surface area contributed by atoms with Gasteiger partial charge in [-0.2, -0.15) is 0 Å². The molecule has 1 atom stereocenters. The molecule has 1 aliphatic rings. The van der Waals surface area contributed by atoms with Crippen molar-refractivity contribution < 1.29 is 4.79 Å². The summed E-state index contributed by atoms with van der Waals surface area (Å²) >= 11 is 7.98. The van der Waals surface area contributed by atoms with Crippen LogP contribution < -0.4 is 5.32 Å². The van der Waals surface area contributed by atoms with Crippen molar-refractivity contribution in [3.8, 4) is 0 Å². The predicted octanol–water partition coefficient (Wildman–Crippen LogP) is 5.78. The minimum Gasteiger partial charge on any atom is -0.349 e. The molecule has 0 fully saturated rings. The van der Waals surface area contributed by atoms with Gasteiger partial charge in [-0.1, -0.05) is 54.1 Å². The maximum absolute atomic E-state index is 12.6. The van der Waals surface area contributed by atoms with Gasteiger partial charge in [0.1, 0.15) is 0 Å². The highest BCUT2D eigenvalue weighted by Crippen LogP contribution is 2.37. The van der Waals surface area contributed by atoms with Crippen LogP contribution in [-0.2, 0) is 11.2 Å². The molecule has 132 valence electrons. The summed E-state index contributed by atoms with van der Waals surface area (Å²) in [5, 5.41) is 6.38. The third-order valence-electron chi connectivity index (χ3n) is 4.85. The van der Waals surface area contributed by atoms with Gasteiger partial charge in [0.25, 0.3) is 0 Å². The Morgan fingerprint density at radius 3 is 2.88 bits per heavy atom. The number of nitrogens with one attached hydrogen (secondary N) is 1. The van der Waals surface area contributed by atoms with Gasteiger partial charge in [-0.3, -0.25) is 4.79 Å². The van der Waals surface area contributed by atoms with Crippen molar-refractivity contribution in [1.82, 2.24) is 5.32 Å². The van der Waals surface area contributed by atoms with Crippen molar-refractivity contribution >= 4 is 40.0 Å². The summed E-state index contributed by atoms with van der Waals surface area (Å²) in [5.41, 5.74) is 2.37. The van der Waals surface area contributed by atoms with Crippen LogP contribution in [0.25, 0.3) is 10.8 Å². The van der Waals surface area contributed by atoms with E-state index in [-0.39, 0.29) is 11.9 Å². The highest BCUT2D eigenvalue weighted by atomic mass is 35.5. The van der Waals surface area contributed by atoms with Crippen LogP contribution in [0, 0.1) is 0 Å². The first-order valence-electron chi connectivity index (χ1n) is 8.89. The number of hydrogen-bond acceptors (Lipinski definition) is 2. The lowest BCUT2D eigenvalue weighted by molar-refractivity contribution is -0.121. The summed E-state index contributed by atoms with van der Waals surface area (Å²) in [4.78, 5) is 13.8. The van der Waals surface area contributed by atoms with Crippen LogP contribution in [0.3, 0.4) is 0 Å². The third-order valence-corrected chi connectivity index (χ3v) is 6.21. The molecular formula is C22H20ClNOS. The Kier molecular flexibility index (Phi) is 5.18. The third kappa shape index (κ3) is 3.74. The van der Waals surface area contributed by atoms with E-state index in [4.69, 9.17) is 11.6 Å². The smallest absolute Gasteiger partial charge is 0.220 e. The second-order valence-corrected chi connectivity index (χ2v) is 8.15. The van der Waals surface area contributed by atoms with Gasteiger partial charge in [0.2, 0.25) is 5.91 Å². The monoisotopic (exact) mass is 381 g/mol. The first kappa shape index (κ1) is 17.4. The molecule has 0 saturated carbocycles. The number of carbonyl (C=O) groups is 1. The Morgan fingerprint density at radius 1 is 1.12 bits per heavy atom. The lowest BCUT2D eigenvalue weighted by atomic mass is 10.00. The van der Waals surface area contributed by atoms with E-state index in [0.717, 1.165) is 29.2 Å². The first-order valence-corrected chi connectivity index (χ1v) is 10.3. The maximum atomic E-state index is 12.6. The van der Waals surface area contributed by atoms with E-state index >= 15 is 0 Å². The maximum Gasteiger partial charge on any atom is 0.220 e. The second-order valence-electron chi connectivity index (χ2n) is 6.58. The van der Waals surface area contributed by atoms with Crippen LogP contribution in [0.15, 0.2) is 65.6 Å². The summed E-state index contributed by atoms with van der Waals surface area (Å²) in [6.07, 6.45) is 2.18. The highest BCUT2D eigenvalue weighted by Gasteiger charge is 2.22. The van der Waals surface area contributed by atoms with Gasteiger partial charge in [-0.25, -0.2) is 0 Å². The summed E-state index contributed by atoms with van der Waals surface area (Å²) in [7, 11) is 0. The molecule has 1 heterocycles. The fourth-order valence-electron chi connectivity index (χ4n) is 3.54. The largest absolute Gasteiger partial charge is 0.349 e. The quantitative estimate of drug-likeness (QED) is 0.620. The molecule has 3 aromatic rings. The minimum absolute atomic E-state index is 0.0602. The number of thioether (sulfide) groups is 1. The highest BCUT2D eigenvalue weighted by molar-refractivity contribution is 7.99. The Morgan fingerprint density at radius 2 is 1.96 bits per heavy atom. The molecule has 0 radical (unpaired) electrons. The SMILES string of the molecule is O=C(CCc1cccc2ccccc12)NC1CCSc2ccc(Cl)cc21. The van der Waals surface area contributed by atoms with Crippen molar-refractivity contribution in [2.45, 2.75) is 30.2 Å². The molecule has 0 bridgehead atoms. The van der Waals surface area contributed by atoms with E-state index in [0.29, 0.717) is 6.42 Å². The van der Waals surface area contributed by atoms with Gasteiger partial charge in [0, 0.05) is 22.1 Å². The Labute approximate surface area is 162 Å². The van der Waals surface area contributed by atoms with Gasteiger partial charge in [-0.15, -0.1) is 11.8 Å². The number of halogens is 1. The van der Waals surface area contributed by atoms with Gasteiger partial charge < -0.3 is 5.32 Å². The van der Waals surface area contributed by atoms with E-state index in [9.17, 15) is 4.79 Å². The minimum atomic E-state index is 0.0602. The van der Waals surface area contributed by atoms with Gasteiger partial charge in [-0.05, 0) is 52.9 Å². The summed E-state index contributed by atoms with van der Waals surface area (Å²) < 4.78 is 0. The number of rotatable bonds is 4. The molecule has 1 N–H and O–H groups in total. The van der Waals surface area contributed by atoms with Crippen molar-refractivity contribution in [3.63, 3.8) is 0 Å². The first-order chi connectivity index (χ1) is 12.7. The van der Waals surface area contributed by atoms with Gasteiger partial charge in [0.15, 0.2) is 0 Å². The topological polar surface area (TPSA) is 29.1 Å². The van der Waals surface area contributed by atoms with E-state index in [1.165, 1.54) is 21.2 Å². The lowest BCUT2D eigenvalue weighted by Crippen LogP contribution is -2.30. The van der Waals surface area contributed by atoms with Crippen LogP contribution in [0.1, 0.15) is 30.0 Å². The number of aryl methyl sites for hydroxylation is 1. The Hall–Kier alpha value is -1.97. The molecule has 0 saturated heterocycles. The molecule has 26 heavy (non-hydrogen) atoms. The van der Waals surface area contributed by atoms with Crippen molar-refractivity contribution in [2.75, 3.05) is 5.75 Å². The van der Waals surface area contributed by atoms with Crippen LogP contribution in [0.5, 0.6) is 0 Å². The zero-order valence-electron chi connectivity index (χ0n) is 14.4. The molecule has 1 amide bonds.